The lowest BCUT2D eigenvalue weighted by atomic mass is 10.1. The molecular formula is C24H35N5O2. The van der Waals surface area contributed by atoms with E-state index in [4.69, 9.17) is 16.3 Å². The molecule has 1 aliphatic rings. The summed E-state index contributed by atoms with van der Waals surface area (Å²) < 4.78 is 5.82. The van der Waals surface area contributed by atoms with Crippen LogP contribution in [-0.4, -0.2) is 37.0 Å². The van der Waals surface area contributed by atoms with Gasteiger partial charge in [0.1, 0.15) is 12.4 Å². The number of likely N-dealkylation sites (tertiary alicyclic amines) is 1. The first-order valence-corrected chi connectivity index (χ1v) is 10.9. The number of rotatable bonds is 8. The molecule has 2 aromatic carbocycles. The number of hydrogen-bond donors (Lipinski definition) is 4. The van der Waals surface area contributed by atoms with Gasteiger partial charge in [-0.2, -0.15) is 0 Å². The number of anilines is 1. The third kappa shape index (κ3) is 7.96. The third-order valence-electron chi connectivity index (χ3n) is 4.93. The van der Waals surface area contributed by atoms with Gasteiger partial charge < -0.3 is 21.2 Å². The summed E-state index contributed by atoms with van der Waals surface area (Å²) in [6.45, 7) is 7.92. The van der Waals surface area contributed by atoms with Gasteiger partial charge in [-0.15, -0.1) is 0 Å². The molecule has 1 amide bonds. The van der Waals surface area contributed by atoms with Crippen molar-refractivity contribution in [3.05, 3.63) is 65.9 Å². The second-order valence-electron chi connectivity index (χ2n) is 7.08. The second-order valence-corrected chi connectivity index (χ2v) is 7.08. The van der Waals surface area contributed by atoms with Gasteiger partial charge in [0.2, 0.25) is 0 Å². The molecule has 168 valence electrons. The van der Waals surface area contributed by atoms with E-state index in [1.807, 2.05) is 44.2 Å². The van der Waals surface area contributed by atoms with E-state index < -0.39 is 0 Å². The van der Waals surface area contributed by atoms with Gasteiger partial charge >= 0.3 is 0 Å². The summed E-state index contributed by atoms with van der Waals surface area (Å²) in [4.78, 5) is 15.0. The van der Waals surface area contributed by atoms with Gasteiger partial charge in [0.15, 0.2) is 0 Å². The molecule has 0 saturated carbocycles. The lowest BCUT2D eigenvalue weighted by Crippen LogP contribution is -2.33. The van der Waals surface area contributed by atoms with Crippen molar-refractivity contribution >= 4 is 17.3 Å². The predicted molar refractivity (Wildman–Crippen MR) is 127 cm³/mol. The first-order valence-electron chi connectivity index (χ1n) is 10.9. The number of nitrogens with two attached hydrogens (primary N) is 2. The standard InChI is InChI=1S/C22H29N5O2.C2H6/c23-21(16-25-24)18-5-4-6-19(15-18)26-22(28)17-7-9-20(10-8-17)29-14-13-27-11-2-1-3-12-27;1-2/h4-10,15-16,25H,1-3,11-14,23-24H2,(H,26,28);1-2H3/b21-16-;. The van der Waals surface area contributed by atoms with Gasteiger partial charge in [0.05, 0.1) is 5.70 Å². The average Bonchev–Trinajstić information content (AvgIpc) is 2.82. The van der Waals surface area contributed by atoms with Crippen molar-refractivity contribution in [2.45, 2.75) is 33.1 Å². The third-order valence-corrected chi connectivity index (χ3v) is 4.93. The van der Waals surface area contributed by atoms with E-state index in [0.717, 1.165) is 30.9 Å². The van der Waals surface area contributed by atoms with Crippen LogP contribution in [0.1, 0.15) is 49.0 Å². The van der Waals surface area contributed by atoms with Crippen LogP contribution in [0.15, 0.2) is 54.7 Å². The molecule has 0 aromatic heterocycles. The normalized spacial score (nSPS) is 14.2. The number of hydrogen-bond acceptors (Lipinski definition) is 6. The molecule has 1 saturated heterocycles. The van der Waals surface area contributed by atoms with E-state index in [-0.39, 0.29) is 5.91 Å². The van der Waals surface area contributed by atoms with Crippen LogP contribution in [0, 0.1) is 0 Å². The quantitative estimate of drug-likeness (QED) is 0.381. The molecule has 0 bridgehead atoms. The van der Waals surface area contributed by atoms with Crippen LogP contribution in [0.4, 0.5) is 5.69 Å². The van der Waals surface area contributed by atoms with Crippen LogP contribution in [-0.2, 0) is 0 Å². The Kier molecular flexibility index (Phi) is 10.4. The minimum absolute atomic E-state index is 0.193. The number of carbonyl (C=O) groups excluding carboxylic acids is 1. The number of piperidine rings is 1. The lowest BCUT2D eigenvalue weighted by molar-refractivity contribution is 0.102. The molecule has 0 aliphatic carbocycles. The van der Waals surface area contributed by atoms with Gasteiger partial charge in [-0.1, -0.05) is 32.4 Å². The molecule has 2 aromatic rings. The SMILES string of the molecule is CC.NN/C=C(\N)c1cccc(NC(=O)c2ccc(OCCN3CCCCC3)cc2)c1. The molecule has 7 heteroatoms. The summed E-state index contributed by atoms with van der Waals surface area (Å²) >= 11 is 0. The van der Waals surface area contributed by atoms with Crippen molar-refractivity contribution < 1.29 is 9.53 Å². The van der Waals surface area contributed by atoms with Gasteiger partial charge in [0, 0.05) is 29.6 Å². The fraction of sp³-hybridized carbons (Fsp3) is 0.375. The van der Waals surface area contributed by atoms with Crippen molar-refractivity contribution in [2.24, 2.45) is 11.6 Å². The first kappa shape index (κ1) is 24.2. The Labute approximate surface area is 185 Å². The molecule has 0 radical (unpaired) electrons. The Balaban J connectivity index is 0.00000166. The Morgan fingerprint density at radius 2 is 1.77 bits per heavy atom. The van der Waals surface area contributed by atoms with Gasteiger partial charge in [0.25, 0.3) is 5.91 Å². The Bertz CT molecular complexity index is 830. The maximum absolute atomic E-state index is 12.5. The van der Waals surface area contributed by atoms with Crippen molar-refractivity contribution in [1.29, 1.82) is 0 Å². The summed E-state index contributed by atoms with van der Waals surface area (Å²) in [7, 11) is 0. The molecule has 0 atom stereocenters. The largest absolute Gasteiger partial charge is 0.492 e. The van der Waals surface area contributed by atoms with Crippen LogP contribution < -0.4 is 27.1 Å². The van der Waals surface area contributed by atoms with Crippen molar-refractivity contribution in [2.75, 3.05) is 31.6 Å². The number of ether oxygens (including phenoxy) is 1. The zero-order valence-electron chi connectivity index (χ0n) is 18.6. The highest BCUT2D eigenvalue weighted by atomic mass is 16.5. The number of carbonyl (C=O) groups is 1. The summed E-state index contributed by atoms with van der Waals surface area (Å²) in [5.74, 6) is 5.83. The van der Waals surface area contributed by atoms with E-state index in [2.05, 4.69) is 15.6 Å². The van der Waals surface area contributed by atoms with Crippen LogP contribution in [0.25, 0.3) is 5.70 Å². The summed E-state index contributed by atoms with van der Waals surface area (Å²) in [5.41, 5.74) is 10.8. The number of amides is 1. The van der Waals surface area contributed by atoms with Gasteiger partial charge in [-0.3, -0.25) is 15.5 Å². The maximum atomic E-state index is 12.5. The lowest BCUT2D eigenvalue weighted by Gasteiger charge is -2.26. The smallest absolute Gasteiger partial charge is 0.255 e. The Morgan fingerprint density at radius 3 is 2.45 bits per heavy atom. The summed E-state index contributed by atoms with van der Waals surface area (Å²) in [6, 6.07) is 14.5. The topological polar surface area (TPSA) is 106 Å². The first-order chi connectivity index (χ1) is 15.2. The second kappa shape index (κ2) is 13.3. The van der Waals surface area contributed by atoms with E-state index in [1.54, 1.807) is 18.2 Å². The average molecular weight is 426 g/mol. The van der Waals surface area contributed by atoms with Crippen LogP contribution in [0.5, 0.6) is 5.75 Å². The molecule has 0 spiro atoms. The van der Waals surface area contributed by atoms with Gasteiger partial charge in [-0.05, 0) is 62.3 Å². The summed E-state index contributed by atoms with van der Waals surface area (Å²) in [6.07, 6.45) is 5.38. The van der Waals surface area contributed by atoms with Crippen LogP contribution in [0.3, 0.4) is 0 Å². The highest BCUT2D eigenvalue weighted by molar-refractivity contribution is 6.04. The highest BCUT2D eigenvalue weighted by Gasteiger charge is 2.10. The van der Waals surface area contributed by atoms with E-state index in [0.29, 0.717) is 23.6 Å². The number of hydrazine groups is 1. The van der Waals surface area contributed by atoms with E-state index >= 15 is 0 Å². The van der Waals surface area contributed by atoms with Crippen molar-refractivity contribution in [3.63, 3.8) is 0 Å². The summed E-state index contributed by atoms with van der Waals surface area (Å²) in [5, 5.41) is 2.88. The fourth-order valence-electron chi connectivity index (χ4n) is 3.33. The molecule has 6 N–H and O–H groups in total. The molecule has 1 fully saturated rings. The molecule has 3 rings (SSSR count). The molecule has 31 heavy (non-hydrogen) atoms. The predicted octanol–water partition coefficient (Wildman–Crippen LogP) is 3.55. The number of nitrogens with zero attached hydrogens (tertiary/aromatic N) is 1. The Morgan fingerprint density at radius 1 is 1.06 bits per heavy atom. The minimum atomic E-state index is -0.193. The minimum Gasteiger partial charge on any atom is -0.492 e. The molecular weight excluding hydrogens is 390 g/mol. The monoisotopic (exact) mass is 425 g/mol. The maximum Gasteiger partial charge on any atom is 0.255 e. The Hall–Kier alpha value is -3.03. The molecule has 7 nitrogen and oxygen atoms in total. The van der Waals surface area contributed by atoms with E-state index in [1.165, 1.54) is 25.5 Å². The highest BCUT2D eigenvalue weighted by Crippen LogP contribution is 2.18. The fourth-order valence-corrected chi connectivity index (χ4v) is 3.33. The number of nitrogens with one attached hydrogen (secondary N) is 2. The van der Waals surface area contributed by atoms with Crippen LogP contribution >= 0.6 is 0 Å². The number of benzene rings is 2. The van der Waals surface area contributed by atoms with Crippen molar-refractivity contribution in [1.82, 2.24) is 10.3 Å². The zero-order valence-corrected chi connectivity index (χ0v) is 18.6. The van der Waals surface area contributed by atoms with Crippen molar-refractivity contribution in [3.8, 4) is 5.75 Å². The molecule has 0 unspecified atom stereocenters. The van der Waals surface area contributed by atoms with E-state index in [9.17, 15) is 4.79 Å². The van der Waals surface area contributed by atoms with Crippen LogP contribution in [0.2, 0.25) is 0 Å². The molecule has 1 aliphatic heterocycles. The molecule has 1 heterocycles. The van der Waals surface area contributed by atoms with Gasteiger partial charge in [-0.25, -0.2) is 0 Å². The zero-order chi connectivity index (χ0) is 22.5.